The van der Waals surface area contributed by atoms with Crippen LogP contribution in [0.15, 0.2) is 59.5 Å². The van der Waals surface area contributed by atoms with E-state index in [1.807, 2.05) is 37.3 Å². The zero-order chi connectivity index (χ0) is 18.0. The third-order valence-electron chi connectivity index (χ3n) is 3.97. The molecule has 1 atom stereocenters. The molecule has 6 heteroatoms. The predicted molar refractivity (Wildman–Crippen MR) is 103 cm³/mol. The number of benzene rings is 2. The van der Waals surface area contributed by atoms with Gasteiger partial charge in [0.2, 0.25) is 0 Å². The van der Waals surface area contributed by atoms with E-state index in [2.05, 4.69) is 0 Å². The lowest BCUT2D eigenvalue weighted by atomic mass is 10.1. The quantitative estimate of drug-likeness (QED) is 0.641. The van der Waals surface area contributed by atoms with Gasteiger partial charge in [-0.3, -0.25) is 9.69 Å². The summed E-state index contributed by atoms with van der Waals surface area (Å²) in [5.41, 5.74) is 1.64. The van der Waals surface area contributed by atoms with Crippen LogP contribution in [0.5, 0.6) is 0 Å². The molecule has 1 amide bonds. The topological polar surface area (TPSA) is 57.6 Å². The Balaban J connectivity index is 1.93. The van der Waals surface area contributed by atoms with Gasteiger partial charge < -0.3 is 5.11 Å². The van der Waals surface area contributed by atoms with E-state index in [0.29, 0.717) is 14.8 Å². The van der Waals surface area contributed by atoms with Crippen LogP contribution in [0.2, 0.25) is 0 Å². The van der Waals surface area contributed by atoms with Gasteiger partial charge in [-0.2, -0.15) is 0 Å². The molecule has 126 valence electrons. The molecule has 0 aliphatic carbocycles. The molecular weight excluding hydrogens is 354 g/mol. The summed E-state index contributed by atoms with van der Waals surface area (Å²) in [4.78, 5) is 26.2. The molecule has 0 spiro atoms. The number of carbonyl (C=O) groups excluding carboxylic acids is 1. The van der Waals surface area contributed by atoms with E-state index in [-0.39, 0.29) is 17.5 Å². The van der Waals surface area contributed by atoms with Gasteiger partial charge in [0.1, 0.15) is 4.32 Å². The second kappa shape index (κ2) is 7.21. The molecule has 25 heavy (non-hydrogen) atoms. The molecule has 0 radical (unpaired) electrons. The lowest BCUT2D eigenvalue weighted by molar-refractivity contribution is -0.123. The highest BCUT2D eigenvalue weighted by atomic mass is 32.2. The van der Waals surface area contributed by atoms with Crippen molar-refractivity contribution in [2.24, 2.45) is 0 Å². The Bertz CT molecular complexity index is 877. The van der Waals surface area contributed by atoms with E-state index in [1.165, 1.54) is 17.8 Å². The number of nitrogens with zero attached hydrogens (tertiary/aromatic N) is 1. The summed E-state index contributed by atoms with van der Waals surface area (Å²) in [6.45, 7) is 1.92. The molecule has 0 saturated carbocycles. The number of carbonyl (C=O) groups is 2. The van der Waals surface area contributed by atoms with Crippen molar-refractivity contribution >= 4 is 46.3 Å². The number of amides is 1. The van der Waals surface area contributed by atoms with Crippen LogP contribution in [-0.4, -0.2) is 26.2 Å². The van der Waals surface area contributed by atoms with E-state index in [1.54, 1.807) is 29.2 Å². The number of carboxylic acids is 1. The van der Waals surface area contributed by atoms with Gasteiger partial charge in [-0.05, 0) is 30.2 Å². The third kappa shape index (κ3) is 3.50. The number of thiocarbonyl (C=S) groups is 1. The average Bonchev–Trinajstić information content (AvgIpc) is 2.89. The van der Waals surface area contributed by atoms with Crippen LogP contribution >= 0.6 is 24.0 Å². The van der Waals surface area contributed by atoms with Crippen LogP contribution < -0.4 is 0 Å². The van der Waals surface area contributed by atoms with Gasteiger partial charge in [0.05, 0.1) is 16.5 Å². The Morgan fingerprint density at radius 2 is 1.80 bits per heavy atom. The van der Waals surface area contributed by atoms with Crippen molar-refractivity contribution in [3.63, 3.8) is 0 Å². The zero-order valence-electron chi connectivity index (χ0n) is 13.4. The van der Waals surface area contributed by atoms with E-state index in [4.69, 9.17) is 12.2 Å². The fourth-order valence-electron chi connectivity index (χ4n) is 2.65. The van der Waals surface area contributed by atoms with Crippen molar-refractivity contribution in [3.05, 3.63) is 76.2 Å². The van der Waals surface area contributed by atoms with Crippen LogP contribution in [-0.2, 0) is 4.79 Å². The van der Waals surface area contributed by atoms with E-state index in [9.17, 15) is 14.7 Å². The molecule has 1 saturated heterocycles. The van der Waals surface area contributed by atoms with Gasteiger partial charge in [-0.25, -0.2) is 4.79 Å². The van der Waals surface area contributed by atoms with Crippen LogP contribution in [0, 0.1) is 0 Å². The van der Waals surface area contributed by atoms with Crippen LogP contribution in [0.25, 0.3) is 6.08 Å². The summed E-state index contributed by atoms with van der Waals surface area (Å²) in [7, 11) is 0. The Labute approximate surface area is 155 Å². The Morgan fingerprint density at radius 3 is 2.48 bits per heavy atom. The minimum atomic E-state index is -1.03. The maximum atomic E-state index is 12.8. The van der Waals surface area contributed by atoms with Gasteiger partial charge >= 0.3 is 5.97 Å². The van der Waals surface area contributed by atoms with Gasteiger partial charge in [0.25, 0.3) is 5.91 Å². The summed E-state index contributed by atoms with van der Waals surface area (Å²) in [5, 5.41) is 9.29. The molecule has 3 rings (SSSR count). The first kappa shape index (κ1) is 17.4. The van der Waals surface area contributed by atoms with Gasteiger partial charge in [-0.15, -0.1) is 0 Å². The Morgan fingerprint density at radius 1 is 1.16 bits per heavy atom. The lowest BCUT2D eigenvalue weighted by Gasteiger charge is -2.23. The summed E-state index contributed by atoms with van der Waals surface area (Å²) in [5.74, 6) is -1.23. The highest BCUT2D eigenvalue weighted by molar-refractivity contribution is 8.26. The van der Waals surface area contributed by atoms with Crippen molar-refractivity contribution < 1.29 is 14.7 Å². The zero-order valence-corrected chi connectivity index (χ0v) is 15.0. The highest BCUT2D eigenvalue weighted by Gasteiger charge is 2.36. The molecule has 1 fully saturated rings. The van der Waals surface area contributed by atoms with Gasteiger partial charge in [0.15, 0.2) is 0 Å². The van der Waals surface area contributed by atoms with Crippen molar-refractivity contribution in [2.45, 2.75) is 13.0 Å². The van der Waals surface area contributed by atoms with Crippen LogP contribution in [0.3, 0.4) is 0 Å². The van der Waals surface area contributed by atoms with E-state index in [0.717, 1.165) is 5.56 Å². The SMILES string of the molecule is CC(c1ccccc1)N1C(=O)/C(=C\c2ccccc2C(=O)O)SC1=S. The number of carboxylic acid groups (broad SMARTS) is 1. The summed E-state index contributed by atoms with van der Waals surface area (Å²) in [6.07, 6.45) is 1.60. The Kier molecular flexibility index (Phi) is 5.01. The number of hydrogen-bond acceptors (Lipinski definition) is 4. The molecular formula is C19H15NO3S2. The second-order valence-electron chi connectivity index (χ2n) is 5.53. The number of rotatable bonds is 4. The molecule has 0 aromatic heterocycles. The maximum Gasteiger partial charge on any atom is 0.336 e. The average molecular weight is 369 g/mol. The van der Waals surface area contributed by atoms with Gasteiger partial charge in [-0.1, -0.05) is 72.5 Å². The second-order valence-corrected chi connectivity index (χ2v) is 7.21. The molecule has 1 aliphatic rings. The largest absolute Gasteiger partial charge is 0.478 e. The Hall–Kier alpha value is -2.44. The van der Waals surface area contributed by atoms with E-state index >= 15 is 0 Å². The van der Waals surface area contributed by atoms with Gasteiger partial charge in [0, 0.05) is 0 Å². The van der Waals surface area contributed by atoms with Crippen LogP contribution in [0.1, 0.15) is 34.5 Å². The molecule has 1 heterocycles. The maximum absolute atomic E-state index is 12.8. The fraction of sp³-hybridized carbons (Fsp3) is 0.105. The molecule has 1 unspecified atom stereocenters. The lowest BCUT2D eigenvalue weighted by Crippen LogP contribution is -2.30. The standard InChI is InChI=1S/C19H15NO3S2/c1-12(13-7-3-2-4-8-13)20-17(21)16(25-19(20)24)11-14-9-5-6-10-15(14)18(22)23/h2-12H,1H3,(H,22,23)/b16-11+. The predicted octanol–water partition coefficient (Wildman–Crippen LogP) is 4.35. The monoisotopic (exact) mass is 369 g/mol. The van der Waals surface area contributed by atoms with Crippen molar-refractivity contribution in [3.8, 4) is 0 Å². The first-order valence-corrected chi connectivity index (χ1v) is 8.86. The highest BCUT2D eigenvalue weighted by Crippen LogP contribution is 2.38. The summed E-state index contributed by atoms with van der Waals surface area (Å²) < 4.78 is 0.473. The number of hydrogen-bond donors (Lipinski definition) is 1. The first-order valence-electron chi connectivity index (χ1n) is 7.63. The number of aromatic carboxylic acids is 1. The third-order valence-corrected chi connectivity index (χ3v) is 5.30. The fourth-order valence-corrected chi connectivity index (χ4v) is 4.06. The minimum Gasteiger partial charge on any atom is -0.478 e. The summed E-state index contributed by atoms with van der Waals surface area (Å²) >= 11 is 6.58. The number of thioether (sulfide) groups is 1. The van der Waals surface area contributed by atoms with E-state index < -0.39 is 5.97 Å². The molecule has 2 aromatic rings. The molecule has 1 aliphatic heterocycles. The van der Waals surface area contributed by atoms with Crippen molar-refractivity contribution in [1.29, 1.82) is 0 Å². The normalized spacial score (nSPS) is 17.2. The molecule has 0 bridgehead atoms. The smallest absolute Gasteiger partial charge is 0.336 e. The van der Waals surface area contributed by atoms with Crippen LogP contribution in [0.4, 0.5) is 0 Å². The first-order chi connectivity index (χ1) is 12.0. The van der Waals surface area contributed by atoms with Crippen molar-refractivity contribution in [1.82, 2.24) is 4.90 Å². The molecule has 2 aromatic carbocycles. The van der Waals surface area contributed by atoms with Crippen molar-refractivity contribution in [2.75, 3.05) is 0 Å². The minimum absolute atomic E-state index is 0.156. The molecule has 1 N–H and O–H groups in total. The summed E-state index contributed by atoms with van der Waals surface area (Å²) in [6, 6.07) is 16.1. The molecule has 4 nitrogen and oxygen atoms in total.